The number of ketones is 1. The minimum atomic E-state index is -0.726. The van der Waals surface area contributed by atoms with Gasteiger partial charge >= 0.3 is 0 Å². The molecule has 3 aliphatic rings. The molecule has 2 unspecified atom stereocenters. The van der Waals surface area contributed by atoms with Crippen molar-refractivity contribution in [3.8, 4) is 11.5 Å². The van der Waals surface area contributed by atoms with Crippen molar-refractivity contribution in [1.82, 2.24) is 0 Å². The number of benzene rings is 1. The maximum atomic E-state index is 12.7. The molecule has 21 heavy (non-hydrogen) atoms. The Balaban J connectivity index is 1.56. The first-order chi connectivity index (χ1) is 10.2. The molecule has 1 aromatic carbocycles. The molecule has 2 bridgehead atoms. The second-order valence-electron chi connectivity index (χ2n) is 6.10. The van der Waals surface area contributed by atoms with Crippen molar-refractivity contribution in [2.24, 2.45) is 5.92 Å². The van der Waals surface area contributed by atoms with Gasteiger partial charge in [-0.3, -0.25) is 9.00 Å². The van der Waals surface area contributed by atoms with Crippen LogP contribution < -0.4 is 9.47 Å². The summed E-state index contributed by atoms with van der Waals surface area (Å²) >= 11 is 0. The van der Waals surface area contributed by atoms with Crippen LogP contribution in [-0.2, 0) is 10.8 Å². The summed E-state index contributed by atoms with van der Waals surface area (Å²) in [7, 11) is -0.726. The van der Waals surface area contributed by atoms with Crippen LogP contribution in [0.25, 0.3) is 0 Å². The zero-order valence-electron chi connectivity index (χ0n) is 11.7. The predicted octanol–water partition coefficient (Wildman–Crippen LogP) is 2.68. The third kappa shape index (κ3) is 2.27. The summed E-state index contributed by atoms with van der Waals surface area (Å²) < 4.78 is 22.9. The van der Waals surface area contributed by atoms with Crippen molar-refractivity contribution in [1.29, 1.82) is 0 Å². The van der Waals surface area contributed by atoms with E-state index in [1.54, 1.807) is 12.1 Å². The molecule has 0 amide bonds. The van der Waals surface area contributed by atoms with Gasteiger partial charge in [-0.25, -0.2) is 0 Å². The Bertz CT molecular complexity index is 596. The molecule has 2 atom stereocenters. The van der Waals surface area contributed by atoms with Gasteiger partial charge in [0.05, 0.1) is 0 Å². The highest BCUT2D eigenvalue weighted by atomic mass is 32.2. The molecule has 0 aliphatic carbocycles. The molecule has 1 aromatic rings. The van der Waals surface area contributed by atoms with E-state index in [0.717, 1.165) is 32.1 Å². The smallest absolute Gasteiger partial charge is 0.231 e. The SMILES string of the molecule is O=C(c1ccc2c(c1)OCO2)C1CC2CCCC(C1)S2=O. The Labute approximate surface area is 126 Å². The van der Waals surface area contributed by atoms with Gasteiger partial charge in [0.1, 0.15) is 0 Å². The van der Waals surface area contributed by atoms with Crippen LogP contribution in [0.3, 0.4) is 0 Å². The topological polar surface area (TPSA) is 52.6 Å². The number of hydrogen-bond acceptors (Lipinski definition) is 4. The molecule has 2 fully saturated rings. The van der Waals surface area contributed by atoms with Crippen molar-refractivity contribution in [2.45, 2.75) is 42.6 Å². The van der Waals surface area contributed by atoms with Crippen LogP contribution in [0.15, 0.2) is 18.2 Å². The Morgan fingerprint density at radius 2 is 1.81 bits per heavy atom. The summed E-state index contributed by atoms with van der Waals surface area (Å²) in [6.45, 7) is 0.222. The van der Waals surface area contributed by atoms with Gasteiger partial charge in [-0.15, -0.1) is 0 Å². The van der Waals surface area contributed by atoms with Crippen LogP contribution in [-0.4, -0.2) is 27.3 Å². The van der Waals surface area contributed by atoms with E-state index in [-0.39, 0.29) is 29.0 Å². The number of hydrogen-bond donors (Lipinski definition) is 0. The first-order valence-electron chi connectivity index (χ1n) is 7.55. The number of carbonyl (C=O) groups excluding carboxylic acids is 1. The number of fused-ring (bicyclic) bond motifs is 3. The fraction of sp³-hybridized carbons (Fsp3) is 0.562. The molecule has 2 saturated heterocycles. The first kappa shape index (κ1) is 13.3. The lowest BCUT2D eigenvalue weighted by Crippen LogP contribution is -2.41. The van der Waals surface area contributed by atoms with Crippen LogP contribution in [0.1, 0.15) is 42.5 Å². The van der Waals surface area contributed by atoms with Gasteiger partial charge in [-0.2, -0.15) is 0 Å². The summed E-state index contributed by atoms with van der Waals surface area (Å²) in [5.74, 6) is 1.54. The van der Waals surface area contributed by atoms with Gasteiger partial charge in [0.2, 0.25) is 6.79 Å². The van der Waals surface area contributed by atoms with Crippen molar-refractivity contribution in [3.63, 3.8) is 0 Å². The summed E-state index contributed by atoms with van der Waals surface area (Å²) in [5, 5.41) is 0.445. The van der Waals surface area contributed by atoms with Gasteiger partial charge in [-0.1, -0.05) is 6.42 Å². The average molecular weight is 306 g/mol. The highest BCUT2D eigenvalue weighted by molar-refractivity contribution is 7.86. The lowest BCUT2D eigenvalue weighted by molar-refractivity contribution is 0.0895. The summed E-state index contributed by atoms with van der Waals surface area (Å²) in [6.07, 6.45) is 4.72. The van der Waals surface area contributed by atoms with Gasteiger partial charge in [0.15, 0.2) is 17.3 Å². The van der Waals surface area contributed by atoms with Crippen LogP contribution in [0.5, 0.6) is 11.5 Å². The van der Waals surface area contributed by atoms with Crippen LogP contribution in [0.4, 0.5) is 0 Å². The molecule has 112 valence electrons. The van der Waals surface area contributed by atoms with Gasteiger partial charge in [0, 0.05) is 32.8 Å². The van der Waals surface area contributed by atoms with Crippen molar-refractivity contribution < 1.29 is 18.5 Å². The quantitative estimate of drug-likeness (QED) is 0.788. The Morgan fingerprint density at radius 1 is 1.10 bits per heavy atom. The van der Waals surface area contributed by atoms with E-state index in [2.05, 4.69) is 0 Å². The number of ether oxygens (including phenoxy) is 2. The molecule has 4 nitrogen and oxygen atoms in total. The number of rotatable bonds is 2. The molecule has 0 spiro atoms. The zero-order valence-corrected chi connectivity index (χ0v) is 12.6. The first-order valence-corrected chi connectivity index (χ1v) is 8.83. The van der Waals surface area contributed by atoms with Gasteiger partial charge in [0.25, 0.3) is 0 Å². The molecule has 5 heteroatoms. The molecule has 0 saturated carbocycles. The van der Waals surface area contributed by atoms with E-state index < -0.39 is 10.8 Å². The second-order valence-corrected chi connectivity index (χ2v) is 8.09. The minimum absolute atomic E-state index is 0.0124. The molecule has 0 N–H and O–H groups in total. The summed E-state index contributed by atoms with van der Waals surface area (Å²) in [6, 6.07) is 5.40. The van der Waals surface area contributed by atoms with Crippen LogP contribution in [0.2, 0.25) is 0 Å². The lowest BCUT2D eigenvalue weighted by Gasteiger charge is -2.37. The second kappa shape index (κ2) is 5.13. The largest absolute Gasteiger partial charge is 0.454 e. The number of Topliss-reactive ketones (excluding diaryl/α,β-unsaturated/α-hetero) is 1. The van der Waals surface area contributed by atoms with E-state index in [1.165, 1.54) is 0 Å². The standard InChI is InChI=1S/C16H18O4S/c17-16(10-4-5-14-15(8-10)20-9-19-14)11-6-12-2-1-3-13(7-11)21(12)18/h4-5,8,11-13H,1-3,6-7,9H2. The summed E-state index contributed by atoms with van der Waals surface area (Å²) in [4.78, 5) is 12.7. The van der Waals surface area contributed by atoms with Crippen LogP contribution in [0, 0.1) is 5.92 Å². The zero-order chi connectivity index (χ0) is 14.4. The maximum absolute atomic E-state index is 12.7. The molecular weight excluding hydrogens is 288 g/mol. The Morgan fingerprint density at radius 3 is 2.57 bits per heavy atom. The summed E-state index contributed by atoms with van der Waals surface area (Å²) in [5.41, 5.74) is 0.690. The highest BCUT2D eigenvalue weighted by Gasteiger charge is 2.40. The third-order valence-electron chi connectivity index (χ3n) is 4.83. The monoisotopic (exact) mass is 306 g/mol. The van der Waals surface area contributed by atoms with Crippen molar-refractivity contribution in [3.05, 3.63) is 23.8 Å². The maximum Gasteiger partial charge on any atom is 0.231 e. The molecule has 0 radical (unpaired) electrons. The van der Waals surface area contributed by atoms with Gasteiger partial charge < -0.3 is 9.47 Å². The highest BCUT2D eigenvalue weighted by Crippen LogP contribution is 2.39. The third-order valence-corrected chi connectivity index (χ3v) is 7.00. The minimum Gasteiger partial charge on any atom is -0.454 e. The van der Waals surface area contributed by atoms with E-state index in [0.29, 0.717) is 17.1 Å². The lowest BCUT2D eigenvalue weighted by atomic mass is 9.84. The predicted molar refractivity (Wildman–Crippen MR) is 79.2 cm³/mol. The Kier molecular flexibility index (Phi) is 3.25. The molecule has 0 aromatic heterocycles. The molecule has 3 heterocycles. The molecule has 4 rings (SSSR count). The van der Waals surface area contributed by atoms with E-state index in [9.17, 15) is 9.00 Å². The molecule has 3 aliphatic heterocycles. The van der Waals surface area contributed by atoms with Crippen molar-refractivity contribution in [2.75, 3.05) is 6.79 Å². The fourth-order valence-electron chi connectivity index (χ4n) is 3.73. The van der Waals surface area contributed by atoms with E-state index >= 15 is 0 Å². The van der Waals surface area contributed by atoms with E-state index in [1.807, 2.05) is 6.07 Å². The van der Waals surface area contributed by atoms with Gasteiger partial charge in [-0.05, 0) is 43.9 Å². The molecular formula is C16H18O4S. The average Bonchev–Trinajstić information content (AvgIpc) is 2.93. The fourth-order valence-corrected chi connectivity index (χ4v) is 5.92. The van der Waals surface area contributed by atoms with Crippen LogP contribution >= 0.6 is 0 Å². The normalized spacial score (nSPS) is 33.7. The number of carbonyl (C=O) groups is 1. The van der Waals surface area contributed by atoms with E-state index in [4.69, 9.17) is 9.47 Å². The Hall–Kier alpha value is -1.36. The van der Waals surface area contributed by atoms with Crippen molar-refractivity contribution >= 4 is 16.6 Å².